The first-order valence-electron chi connectivity index (χ1n) is 13.9. The Kier molecular flexibility index (Phi) is 8.87. The maximum Gasteiger partial charge on any atom is 0.286 e. The lowest BCUT2D eigenvalue weighted by molar-refractivity contribution is -0.113. The molecular formula is C30H35N5O3S2. The zero-order chi connectivity index (χ0) is 28.1. The van der Waals surface area contributed by atoms with Crippen LogP contribution < -0.4 is 0 Å². The van der Waals surface area contributed by atoms with Crippen molar-refractivity contribution in [3.8, 4) is 16.9 Å². The van der Waals surface area contributed by atoms with E-state index in [1.54, 1.807) is 27.2 Å². The van der Waals surface area contributed by atoms with E-state index in [9.17, 15) is 13.2 Å². The average molecular weight is 578 g/mol. The molecule has 2 aromatic carbocycles. The molecule has 3 heterocycles. The van der Waals surface area contributed by atoms with E-state index in [0.29, 0.717) is 29.3 Å². The molecule has 5 rings (SSSR count). The van der Waals surface area contributed by atoms with Gasteiger partial charge in [-0.25, -0.2) is 13.1 Å². The van der Waals surface area contributed by atoms with Crippen LogP contribution in [0.1, 0.15) is 51.5 Å². The molecule has 0 bridgehead atoms. The van der Waals surface area contributed by atoms with Crippen LogP contribution in [0.25, 0.3) is 23.0 Å². The number of piperidine rings is 1. The van der Waals surface area contributed by atoms with Crippen molar-refractivity contribution in [2.24, 2.45) is 4.99 Å². The second-order valence-electron chi connectivity index (χ2n) is 10.0. The Morgan fingerprint density at radius 2 is 1.70 bits per heavy atom. The van der Waals surface area contributed by atoms with E-state index in [4.69, 9.17) is 5.10 Å². The van der Waals surface area contributed by atoms with E-state index in [-0.39, 0.29) is 10.8 Å². The molecule has 0 atom stereocenters. The Balaban J connectivity index is 1.54. The number of hydrogen-bond donors (Lipinski definition) is 0. The topological polar surface area (TPSA) is 87.9 Å². The number of likely N-dealkylation sites (tertiary alicyclic amines) is 1. The van der Waals surface area contributed by atoms with Gasteiger partial charge in [-0.1, -0.05) is 44.2 Å². The van der Waals surface area contributed by atoms with Crippen LogP contribution in [0.5, 0.6) is 0 Å². The third-order valence-electron chi connectivity index (χ3n) is 6.98. The van der Waals surface area contributed by atoms with Gasteiger partial charge in [0.1, 0.15) is 5.69 Å². The van der Waals surface area contributed by atoms with E-state index < -0.39 is 10.0 Å². The number of nitrogens with zero attached hydrogens (tertiary/aromatic N) is 5. The number of amidine groups is 1. The maximum atomic E-state index is 13.5. The molecule has 10 heteroatoms. The van der Waals surface area contributed by atoms with E-state index in [2.05, 4.69) is 9.89 Å². The lowest BCUT2D eigenvalue weighted by atomic mass is 10.1. The number of hydrogen-bond acceptors (Lipinski definition) is 6. The molecule has 2 aliphatic rings. The molecule has 2 aliphatic heterocycles. The predicted octanol–water partition coefficient (Wildman–Crippen LogP) is 5.81. The van der Waals surface area contributed by atoms with Crippen molar-refractivity contribution in [1.82, 2.24) is 19.0 Å². The van der Waals surface area contributed by atoms with Crippen LogP contribution in [0.3, 0.4) is 0 Å². The minimum atomic E-state index is -3.66. The lowest BCUT2D eigenvalue weighted by Crippen LogP contribution is -2.33. The molecule has 1 saturated heterocycles. The molecular weight excluding hydrogens is 542 g/mol. The first-order chi connectivity index (χ1) is 19.4. The standard InChI is InChI=1S/C30H35N5O3S2/c1-3-16-34(17-4-2)40(37,38)26-15-11-12-23(20-26)28-24(22-35(32-28)25-13-7-5-8-14-25)21-27-29(36)31-30(39-27)33-18-9-6-10-19-33/h5,7-8,11-15,20-22H,3-4,6,9-10,16-19H2,1-2H3/b27-21-. The van der Waals surface area contributed by atoms with Crippen LogP contribution >= 0.6 is 11.8 Å². The zero-order valence-electron chi connectivity index (χ0n) is 23.0. The van der Waals surface area contributed by atoms with Gasteiger partial charge >= 0.3 is 0 Å². The van der Waals surface area contributed by atoms with Crippen molar-refractivity contribution >= 4 is 38.9 Å². The van der Waals surface area contributed by atoms with Gasteiger partial charge in [0.2, 0.25) is 10.0 Å². The minimum Gasteiger partial charge on any atom is -0.351 e. The lowest BCUT2D eigenvalue weighted by Gasteiger charge is -2.27. The minimum absolute atomic E-state index is 0.238. The van der Waals surface area contributed by atoms with Gasteiger partial charge in [0.05, 0.1) is 15.5 Å². The second kappa shape index (κ2) is 12.5. The molecule has 3 aromatic rings. The summed E-state index contributed by atoms with van der Waals surface area (Å²) < 4.78 is 30.4. The highest BCUT2D eigenvalue weighted by atomic mass is 32.2. The highest BCUT2D eigenvalue weighted by Gasteiger charge is 2.28. The number of sulfonamides is 1. The van der Waals surface area contributed by atoms with Crippen molar-refractivity contribution in [2.45, 2.75) is 50.8 Å². The van der Waals surface area contributed by atoms with E-state index in [0.717, 1.165) is 55.2 Å². The second-order valence-corrected chi connectivity index (χ2v) is 13.0. The quantitative estimate of drug-likeness (QED) is 0.299. The van der Waals surface area contributed by atoms with Crippen molar-refractivity contribution in [3.63, 3.8) is 0 Å². The van der Waals surface area contributed by atoms with Crippen molar-refractivity contribution in [1.29, 1.82) is 0 Å². The van der Waals surface area contributed by atoms with Gasteiger partial charge < -0.3 is 4.90 Å². The van der Waals surface area contributed by atoms with E-state index >= 15 is 0 Å². The third-order valence-corrected chi connectivity index (χ3v) is 9.92. The normalized spacial score (nSPS) is 17.2. The monoisotopic (exact) mass is 577 g/mol. The summed E-state index contributed by atoms with van der Waals surface area (Å²) in [6.07, 6.45) is 8.61. The molecule has 0 spiro atoms. The summed E-state index contributed by atoms with van der Waals surface area (Å²) in [5.74, 6) is -0.255. The maximum absolute atomic E-state index is 13.5. The predicted molar refractivity (Wildman–Crippen MR) is 162 cm³/mol. The smallest absolute Gasteiger partial charge is 0.286 e. The van der Waals surface area contributed by atoms with Crippen molar-refractivity contribution in [2.75, 3.05) is 26.2 Å². The van der Waals surface area contributed by atoms with Gasteiger partial charge in [0.25, 0.3) is 5.91 Å². The Hall–Kier alpha value is -3.21. The fraction of sp³-hybridized carbons (Fsp3) is 0.367. The molecule has 1 amide bonds. The highest BCUT2D eigenvalue weighted by Crippen LogP contribution is 2.34. The zero-order valence-corrected chi connectivity index (χ0v) is 24.6. The molecule has 1 aromatic heterocycles. The van der Waals surface area contributed by atoms with Gasteiger partial charge in [0.15, 0.2) is 5.17 Å². The molecule has 40 heavy (non-hydrogen) atoms. The molecule has 0 unspecified atom stereocenters. The van der Waals surface area contributed by atoms with Gasteiger partial charge in [-0.05, 0) is 74.2 Å². The van der Waals surface area contributed by atoms with Crippen LogP contribution in [0.15, 0.2) is 75.6 Å². The molecule has 0 aliphatic carbocycles. The molecule has 0 N–H and O–H groups in total. The Morgan fingerprint density at radius 3 is 2.40 bits per heavy atom. The summed E-state index contributed by atoms with van der Waals surface area (Å²) in [5.41, 5.74) is 2.86. The van der Waals surface area contributed by atoms with Crippen LogP contribution in [0, 0.1) is 0 Å². The summed E-state index contributed by atoms with van der Waals surface area (Å²) in [7, 11) is -3.66. The first kappa shape index (κ1) is 28.3. The average Bonchev–Trinajstić information content (AvgIpc) is 3.57. The van der Waals surface area contributed by atoms with Gasteiger partial charge in [-0.15, -0.1) is 0 Å². The van der Waals surface area contributed by atoms with Crippen LogP contribution in [-0.4, -0.2) is 64.7 Å². The number of para-hydroxylation sites is 1. The van der Waals surface area contributed by atoms with E-state index in [1.165, 1.54) is 18.2 Å². The van der Waals surface area contributed by atoms with Crippen LogP contribution in [0.2, 0.25) is 0 Å². The summed E-state index contributed by atoms with van der Waals surface area (Å²) >= 11 is 1.40. The Labute approximate surface area is 240 Å². The first-order valence-corrected chi connectivity index (χ1v) is 16.2. The number of carbonyl (C=O) groups excluding carboxylic acids is 1. The van der Waals surface area contributed by atoms with Gasteiger partial charge in [-0.3, -0.25) is 4.79 Å². The molecule has 8 nitrogen and oxygen atoms in total. The Bertz CT molecular complexity index is 1520. The summed E-state index contributed by atoms with van der Waals surface area (Å²) in [5, 5.41) is 5.62. The summed E-state index contributed by atoms with van der Waals surface area (Å²) in [6.45, 7) is 6.73. The van der Waals surface area contributed by atoms with Crippen molar-refractivity contribution < 1.29 is 13.2 Å². The largest absolute Gasteiger partial charge is 0.351 e. The molecule has 0 radical (unpaired) electrons. The molecule has 1 fully saturated rings. The van der Waals surface area contributed by atoms with E-state index in [1.807, 2.05) is 62.5 Å². The fourth-order valence-electron chi connectivity index (χ4n) is 4.99. The summed E-state index contributed by atoms with van der Waals surface area (Å²) in [4.78, 5) is 20.2. The highest BCUT2D eigenvalue weighted by molar-refractivity contribution is 8.18. The fourth-order valence-corrected chi connectivity index (χ4v) is 7.62. The van der Waals surface area contributed by atoms with Gasteiger partial charge in [-0.2, -0.15) is 14.4 Å². The number of aromatic nitrogens is 2. The van der Waals surface area contributed by atoms with Crippen molar-refractivity contribution in [3.05, 3.63) is 71.3 Å². The molecule has 0 saturated carbocycles. The number of thioether (sulfide) groups is 1. The number of rotatable bonds is 9. The SMILES string of the molecule is CCCN(CCC)S(=O)(=O)c1cccc(-c2nn(-c3ccccc3)cc2/C=C2\SC(N3CCCCC3)=NC2=O)c1. The third kappa shape index (κ3) is 6.09. The van der Waals surface area contributed by atoms with Gasteiger partial charge in [0, 0.05) is 43.5 Å². The number of benzene rings is 2. The molecule has 210 valence electrons. The number of amides is 1. The summed E-state index contributed by atoms with van der Waals surface area (Å²) in [6, 6.07) is 16.7. The van der Waals surface area contributed by atoms with Crippen LogP contribution in [-0.2, 0) is 14.8 Å². The number of aliphatic imine (C=N–C) groups is 1. The number of carbonyl (C=O) groups is 1. The van der Waals surface area contributed by atoms with Crippen LogP contribution in [0.4, 0.5) is 0 Å². The Morgan fingerprint density at radius 1 is 0.975 bits per heavy atom.